The summed E-state index contributed by atoms with van der Waals surface area (Å²) in [6.45, 7) is 8.26. The second kappa shape index (κ2) is 6.08. The summed E-state index contributed by atoms with van der Waals surface area (Å²) in [6, 6.07) is 0. The molecule has 0 amide bonds. The first-order valence-electron chi connectivity index (χ1n) is 5.89. The van der Waals surface area contributed by atoms with E-state index in [-0.39, 0.29) is 0 Å². The average molecular weight is 275 g/mol. The molecule has 0 saturated heterocycles. The molecule has 6 heteroatoms. The minimum Gasteiger partial charge on any atom is -0.416 e. The predicted octanol–water partition coefficient (Wildman–Crippen LogP) is 1.73. The van der Waals surface area contributed by atoms with E-state index in [2.05, 4.69) is 38.3 Å². The third-order valence-corrected chi connectivity index (χ3v) is 9.58. The maximum Gasteiger partial charge on any atom is 0.512 e. The van der Waals surface area contributed by atoms with Crippen molar-refractivity contribution in [2.75, 3.05) is 0 Å². The molecule has 0 fully saturated rings. The molecule has 3 nitrogen and oxygen atoms in total. The number of rotatable bonds is 5. The van der Waals surface area contributed by atoms with Crippen molar-refractivity contribution in [2.24, 2.45) is 0 Å². The molecule has 0 atom stereocenters. The molecule has 1 rings (SSSR count). The summed E-state index contributed by atoms with van der Waals surface area (Å²) in [5.74, 6) is 0. The van der Waals surface area contributed by atoms with Crippen LogP contribution in [-0.2, 0) is 8.23 Å². The summed E-state index contributed by atoms with van der Waals surface area (Å²) < 4.78 is 11.6. The zero-order chi connectivity index (χ0) is 12.2. The molecule has 0 radical (unpaired) electrons. The third-order valence-electron chi connectivity index (χ3n) is 2.15. The van der Waals surface area contributed by atoms with E-state index in [1.165, 1.54) is 0 Å². The molecule has 0 spiro atoms. The van der Waals surface area contributed by atoms with Gasteiger partial charge in [-0.25, -0.2) is 0 Å². The zero-order valence-corrected chi connectivity index (χ0v) is 13.9. The minimum absolute atomic E-state index is 0.904. The van der Waals surface area contributed by atoms with Gasteiger partial charge in [-0.2, -0.15) is 0 Å². The van der Waals surface area contributed by atoms with Crippen molar-refractivity contribution in [2.45, 2.75) is 39.0 Å². The van der Waals surface area contributed by atoms with E-state index in [1.54, 1.807) is 0 Å². The predicted molar refractivity (Wildman–Crippen MR) is 74.4 cm³/mol. The maximum atomic E-state index is 10.6. The highest BCUT2D eigenvalue weighted by Crippen LogP contribution is 2.22. The highest BCUT2D eigenvalue weighted by molar-refractivity contribution is 6.80. The highest BCUT2D eigenvalue weighted by Gasteiger charge is 2.42. The standard InChI is InChI=1S/C10H22O3Si3/c1-14(2)12-16(11,13-15(3)4)10-8-6-5-7-9-10/h6,8-9,11,14-15H,5,7H2,1-4H3. The number of allylic oxidation sites excluding steroid dienone is 4. The quantitative estimate of drug-likeness (QED) is 0.776. The second-order valence-electron chi connectivity index (χ2n) is 4.55. The lowest BCUT2D eigenvalue weighted by Gasteiger charge is -2.30. The van der Waals surface area contributed by atoms with Gasteiger partial charge in [-0.3, -0.25) is 0 Å². The van der Waals surface area contributed by atoms with Gasteiger partial charge in [-0.1, -0.05) is 18.2 Å². The van der Waals surface area contributed by atoms with Gasteiger partial charge in [0.05, 0.1) is 0 Å². The molecule has 1 aliphatic carbocycles. The maximum absolute atomic E-state index is 10.6. The van der Waals surface area contributed by atoms with E-state index in [4.69, 9.17) is 8.23 Å². The lowest BCUT2D eigenvalue weighted by Crippen LogP contribution is -2.50. The van der Waals surface area contributed by atoms with Crippen LogP contribution < -0.4 is 0 Å². The van der Waals surface area contributed by atoms with E-state index in [0.29, 0.717) is 0 Å². The summed E-state index contributed by atoms with van der Waals surface area (Å²) in [4.78, 5) is 10.6. The molecule has 0 saturated carbocycles. The topological polar surface area (TPSA) is 38.7 Å². The van der Waals surface area contributed by atoms with Crippen LogP contribution in [0.3, 0.4) is 0 Å². The highest BCUT2D eigenvalue weighted by atomic mass is 28.5. The summed E-state index contributed by atoms with van der Waals surface area (Å²) in [5.41, 5.74) is 0. The van der Waals surface area contributed by atoms with Gasteiger partial charge in [-0.05, 0) is 39.0 Å². The Bertz CT molecular complexity index is 277. The first kappa shape index (κ1) is 14.1. The Morgan fingerprint density at radius 3 is 2.06 bits per heavy atom. The molecular formula is C10H22O3Si3. The molecular weight excluding hydrogens is 252 g/mol. The summed E-state index contributed by atoms with van der Waals surface area (Å²) in [5, 5.41) is 0.904. The fourth-order valence-corrected chi connectivity index (χ4v) is 9.30. The number of hydrogen-bond acceptors (Lipinski definition) is 3. The zero-order valence-electron chi connectivity index (χ0n) is 10.6. The van der Waals surface area contributed by atoms with Gasteiger partial charge < -0.3 is 13.0 Å². The van der Waals surface area contributed by atoms with Crippen LogP contribution in [0.5, 0.6) is 0 Å². The van der Waals surface area contributed by atoms with Gasteiger partial charge in [0.15, 0.2) is 18.1 Å². The van der Waals surface area contributed by atoms with Crippen LogP contribution in [0.15, 0.2) is 23.4 Å². The lowest BCUT2D eigenvalue weighted by atomic mass is 10.2. The number of hydrogen-bond donors (Lipinski definition) is 1. The fraction of sp³-hybridized carbons (Fsp3) is 0.600. The normalized spacial score (nSPS) is 17.1. The van der Waals surface area contributed by atoms with Crippen molar-refractivity contribution < 1.29 is 13.0 Å². The van der Waals surface area contributed by atoms with Crippen molar-refractivity contribution in [3.63, 3.8) is 0 Å². The van der Waals surface area contributed by atoms with Crippen LogP contribution >= 0.6 is 0 Å². The molecule has 0 aromatic carbocycles. The van der Waals surface area contributed by atoms with E-state index in [0.717, 1.165) is 18.0 Å². The van der Waals surface area contributed by atoms with E-state index in [1.807, 2.05) is 6.08 Å². The minimum atomic E-state index is -3.08. The Morgan fingerprint density at radius 1 is 1.12 bits per heavy atom. The van der Waals surface area contributed by atoms with E-state index < -0.39 is 26.9 Å². The molecule has 1 N–H and O–H groups in total. The first-order chi connectivity index (χ1) is 7.44. The summed E-state index contributed by atoms with van der Waals surface area (Å²) in [7, 11) is -5.66. The van der Waals surface area contributed by atoms with Crippen LogP contribution in [0, 0.1) is 0 Å². The summed E-state index contributed by atoms with van der Waals surface area (Å²) in [6.07, 6.45) is 8.16. The molecule has 0 unspecified atom stereocenters. The smallest absolute Gasteiger partial charge is 0.416 e. The van der Waals surface area contributed by atoms with Gasteiger partial charge in [-0.15, -0.1) is 0 Å². The molecule has 0 bridgehead atoms. The SMILES string of the molecule is C[SiH](C)O[Si](O)(O[SiH](C)C)C1=CCCC=C1. The van der Waals surface area contributed by atoms with Crippen LogP contribution in [0.2, 0.25) is 26.2 Å². The lowest BCUT2D eigenvalue weighted by molar-refractivity contribution is 0.270. The van der Waals surface area contributed by atoms with Gasteiger partial charge in [0.1, 0.15) is 0 Å². The Morgan fingerprint density at radius 2 is 1.69 bits per heavy atom. The van der Waals surface area contributed by atoms with Crippen LogP contribution in [-0.4, -0.2) is 31.7 Å². The fourth-order valence-electron chi connectivity index (χ4n) is 1.65. The third kappa shape index (κ3) is 4.11. The Balaban J connectivity index is 2.84. The molecule has 0 aliphatic heterocycles. The van der Waals surface area contributed by atoms with Crippen molar-refractivity contribution >= 4 is 26.9 Å². The largest absolute Gasteiger partial charge is 0.512 e. The van der Waals surface area contributed by atoms with Crippen molar-refractivity contribution in [3.8, 4) is 0 Å². The van der Waals surface area contributed by atoms with E-state index >= 15 is 0 Å². The Kier molecular flexibility index (Phi) is 5.35. The first-order valence-corrected chi connectivity index (χ1v) is 13.2. The average Bonchev–Trinajstić information content (AvgIpc) is 2.16. The van der Waals surface area contributed by atoms with Crippen LogP contribution in [0.25, 0.3) is 0 Å². The molecule has 92 valence electrons. The van der Waals surface area contributed by atoms with Crippen molar-refractivity contribution in [3.05, 3.63) is 23.4 Å². The van der Waals surface area contributed by atoms with Crippen molar-refractivity contribution in [1.29, 1.82) is 0 Å². The van der Waals surface area contributed by atoms with Crippen LogP contribution in [0.1, 0.15) is 12.8 Å². The monoisotopic (exact) mass is 274 g/mol. The molecule has 0 aromatic rings. The Hall–Kier alpha value is 0.0106. The van der Waals surface area contributed by atoms with Gasteiger partial charge in [0, 0.05) is 5.20 Å². The Labute approximate surface area is 103 Å². The van der Waals surface area contributed by atoms with Gasteiger partial charge in [0.25, 0.3) is 0 Å². The second-order valence-corrected chi connectivity index (χ2v) is 12.4. The summed E-state index contributed by atoms with van der Waals surface area (Å²) >= 11 is 0. The van der Waals surface area contributed by atoms with Crippen LogP contribution in [0.4, 0.5) is 0 Å². The van der Waals surface area contributed by atoms with Gasteiger partial charge in [0.2, 0.25) is 0 Å². The molecule has 16 heavy (non-hydrogen) atoms. The molecule has 0 aromatic heterocycles. The van der Waals surface area contributed by atoms with E-state index in [9.17, 15) is 4.80 Å². The van der Waals surface area contributed by atoms with Gasteiger partial charge >= 0.3 is 8.80 Å². The molecule has 1 aliphatic rings. The van der Waals surface area contributed by atoms with Crippen molar-refractivity contribution in [1.82, 2.24) is 0 Å². The molecule has 0 heterocycles.